The van der Waals surface area contributed by atoms with E-state index in [1.807, 2.05) is 30.3 Å². The summed E-state index contributed by atoms with van der Waals surface area (Å²) in [6.45, 7) is 4.96. The highest BCUT2D eigenvalue weighted by Crippen LogP contribution is 2.21. The molecule has 0 atom stereocenters. The van der Waals surface area contributed by atoms with Crippen LogP contribution in [0.2, 0.25) is 0 Å². The lowest BCUT2D eigenvalue weighted by Crippen LogP contribution is -2.36. The topological polar surface area (TPSA) is 32.8 Å². The molecule has 1 aromatic rings. The molecule has 4 nitrogen and oxygen atoms in total. The summed E-state index contributed by atoms with van der Waals surface area (Å²) in [6.07, 6.45) is 4.68. The summed E-state index contributed by atoms with van der Waals surface area (Å²) in [5, 5.41) is -0.186. The Morgan fingerprint density at radius 2 is 2.00 bits per heavy atom. The number of benzene rings is 1. The minimum absolute atomic E-state index is 0.186. The van der Waals surface area contributed by atoms with Crippen LogP contribution < -0.4 is 4.90 Å². The van der Waals surface area contributed by atoms with Crippen molar-refractivity contribution in [3.8, 4) is 0 Å². The number of amides is 1. The molecule has 1 amide bonds. The molecule has 1 aromatic carbocycles. The number of thiol groups is 1. The van der Waals surface area contributed by atoms with E-state index in [1.54, 1.807) is 12.0 Å². The van der Waals surface area contributed by atoms with Gasteiger partial charge in [0.25, 0.3) is 5.24 Å². The monoisotopic (exact) mass is 336 g/mol. The Hall–Kier alpha value is -1.04. The van der Waals surface area contributed by atoms with Gasteiger partial charge in [-0.3, -0.25) is 4.79 Å². The number of ether oxygens (including phenoxy) is 1. The van der Waals surface area contributed by atoms with Crippen LogP contribution >= 0.6 is 12.6 Å². The average Bonchev–Trinajstić information content (AvgIpc) is 2.58. The van der Waals surface area contributed by atoms with Gasteiger partial charge in [-0.1, -0.05) is 30.8 Å². The van der Waals surface area contributed by atoms with E-state index in [-0.39, 0.29) is 5.24 Å². The molecule has 0 spiro atoms. The van der Waals surface area contributed by atoms with Crippen molar-refractivity contribution in [1.29, 1.82) is 0 Å². The van der Waals surface area contributed by atoms with Crippen LogP contribution in [0.3, 0.4) is 0 Å². The van der Waals surface area contributed by atoms with E-state index in [4.69, 9.17) is 4.74 Å². The lowest BCUT2D eigenvalue weighted by atomic mass is 9.94. The molecule has 0 aliphatic carbocycles. The SMILES string of the molecule is COCCC1CCN(CCCN(C(=O)S)c2ccccc2)CC1. The molecule has 23 heavy (non-hydrogen) atoms. The minimum atomic E-state index is -0.186. The second kappa shape index (κ2) is 9.96. The number of anilines is 1. The summed E-state index contributed by atoms with van der Waals surface area (Å²) in [5.41, 5.74) is 0.922. The van der Waals surface area contributed by atoms with Crippen molar-refractivity contribution in [2.24, 2.45) is 5.92 Å². The van der Waals surface area contributed by atoms with Crippen molar-refractivity contribution < 1.29 is 9.53 Å². The third kappa shape index (κ3) is 6.16. The van der Waals surface area contributed by atoms with Gasteiger partial charge in [0, 0.05) is 25.9 Å². The molecular formula is C18H28N2O2S. The van der Waals surface area contributed by atoms with Crippen molar-refractivity contribution in [2.75, 3.05) is 44.8 Å². The van der Waals surface area contributed by atoms with Gasteiger partial charge in [0.05, 0.1) is 0 Å². The molecule has 0 N–H and O–H groups in total. The Bertz CT molecular complexity index is 461. The third-order valence-corrected chi connectivity index (χ3v) is 4.83. The third-order valence-electron chi connectivity index (χ3n) is 4.59. The number of methoxy groups -OCH3 is 1. The number of likely N-dealkylation sites (tertiary alicyclic amines) is 1. The molecule has 0 saturated carbocycles. The fraction of sp³-hybridized carbons (Fsp3) is 0.611. The zero-order chi connectivity index (χ0) is 16.5. The summed E-state index contributed by atoms with van der Waals surface area (Å²) in [4.78, 5) is 16.0. The molecule has 1 aliphatic heterocycles. The number of rotatable bonds is 8. The standard InChI is InChI=1S/C18H28N2O2S/c1-22-15-10-16-8-13-19(14-9-16)11-5-12-20(18(21)23)17-6-3-2-4-7-17/h2-4,6-7,16H,5,8-15H2,1H3,(H,21,23). The first kappa shape index (κ1) is 18.3. The van der Waals surface area contributed by atoms with Gasteiger partial charge in [-0.15, -0.1) is 0 Å². The van der Waals surface area contributed by atoms with Crippen molar-refractivity contribution in [2.45, 2.75) is 25.7 Å². The van der Waals surface area contributed by atoms with Crippen LogP contribution in [0.25, 0.3) is 0 Å². The maximum absolute atomic E-state index is 11.7. The Morgan fingerprint density at radius 1 is 1.30 bits per heavy atom. The summed E-state index contributed by atoms with van der Waals surface area (Å²) in [6, 6.07) is 9.76. The van der Waals surface area contributed by atoms with Gasteiger partial charge in [0.1, 0.15) is 0 Å². The van der Waals surface area contributed by atoms with E-state index >= 15 is 0 Å². The van der Waals surface area contributed by atoms with Crippen LogP contribution in [-0.2, 0) is 4.74 Å². The summed E-state index contributed by atoms with van der Waals surface area (Å²) in [5.74, 6) is 0.811. The first-order valence-electron chi connectivity index (χ1n) is 8.47. The van der Waals surface area contributed by atoms with Crippen molar-refractivity contribution in [3.05, 3.63) is 30.3 Å². The van der Waals surface area contributed by atoms with Gasteiger partial charge in [-0.05, 0) is 63.4 Å². The normalized spacial score (nSPS) is 16.4. The Labute approximate surface area is 145 Å². The molecular weight excluding hydrogens is 308 g/mol. The molecule has 0 bridgehead atoms. The van der Waals surface area contributed by atoms with Crippen LogP contribution in [0.15, 0.2) is 30.3 Å². The predicted octanol–water partition coefficient (Wildman–Crippen LogP) is 3.68. The second-order valence-electron chi connectivity index (χ2n) is 6.19. The zero-order valence-corrected chi connectivity index (χ0v) is 14.9. The lowest BCUT2D eigenvalue weighted by Gasteiger charge is -2.32. The number of piperidine rings is 1. The molecule has 1 heterocycles. The maximum atomic E-state index is 11.7. The van der Waals surface area contributed by atoms with E-state index in [9.17, 15) is 4.79 Å². The Morgan fingerprint density at radius 3 is 2.61 bits per heavy atom. The highest BCUT2D eigenvalue weighted by Gasteiger charge is 2.19. The first-order chi connectivity index (χ1) is 11.2. The highest BCUT2D eigenvalue weighted by molar-refractivity contribution is 7.96. The van der Waals surface area contributed by atoms with Gasteiger partial charge in [0.15, 0.2) is 0 Å². The first-order valence-corrected chi connectivity index (χ1v) is 8.92. The quantitative estimate of drug-likeness (QED) is 0.735. The number of carbonyl (C=O) groups is 1. The van der Waals surface area contributed by atoms with E-state index in [2.05, 4.69) is 17.5 Å². The Kier molecular flexibility index (Phi) is 7.92. The molecule has 128 valence electrons. The van der Waals surface area contributed by atoms with Crippen LogP contribution in [0.4, 0.5) is 10.5 Å². The zero-order valence-electron chi connectivity index (χ0n) is 14.0. The summed E-state index contributed by atoms with van der Waals surface area (Å²) < 4.78 is 5.17. The van der Waals surface area contributed by atoms with E-state index in [1.165, 1.54) is 19.3 Å². The highest BCUT2D eigenvalue weighted by atomic mass is 32.1. The van der Waals surface area contributed by atoms with Crippen LogP contribution in [0, 0.1) is 5.92 Å². The predicted molar refractivity (Wildman–Crippen MR) is 98.4 cm³/mol. The Balaban J connectivity index is 1.71. The van der Waals surface area contributed by atoms with Gasteiger partial charge < -0.3 is 14.5 Å². The fourth-order valence-corrected chi connectivity index (χ4v) is 3.39. The fourth-order valence-electron chi connectivity index (χ4n) is 3.18. The van der Waals surface area contributed by atoms with Crippen molar-refractivity contribution >= 4 is 23.6 Å². The number of carbonyl (C=O) groups excluding carboxylic acids is 1. The minimum Gasteiger partial charge on any atom is -0.385 e. The van der Waals surface area contributed by atoms with Crippen LogP contribution in [-0.4, -0.2) is 50.0 Å². The molecule has 0 unspecified atom stereocenters. The van der Waals surface area contributed by atoms with Crippen LogP contribution in [0.1, 0.15) is 25.7 Å². The average molecular weight is 337 g/mol. The van der Waals surface area contributed by atoms with E-state index < -0.39 is 0 Å². The van der Waals surface area contributed by atoms with Gasteiger partial charge in [0.2, 0.25) is 0 Å². The van der Waals surface area contributed by atoms with E-state index in [0.29, 0.717) is 0 Å². The molecule has 1 saturated heterocycles. The summed E-state index contributed by atoms with van der Waals surface area (Å²) >= 11 is 4.01. The number of hydrogen-bond acceptors (Lipinski definition) is 3. The molecule has 1 fully saturated rings. The lowest BCUT2D eigenvalue weighted by molar-refractivity contribution is 0.135. The molecule has 5 heteroatoms. The van der Waals surface area contributed by atoms with Crippen LogP contribution in [0.5, 0.6) is 0 Å². The number of hydrogen-bond donors (Lipinski definition) is 1. The second-order valence-corrected chi connectivity index (χ2v) is 6.57. The maximum Gasteiger partial charge on any atom is 0.282 e. The number of para-hydroxylation sites is 1. The van der Waals surface area contributed by atoms with Gasteiger partial charge >= 0.3 is 0 Å². The molecule has 1 aliphatic rings. The molecule has 0 aromatic heterocycles. The number of nitrogens with zero attached hydrogens (tertiary/aromatic N) is 2. The van der Waals surface area contributed by atoms with Crippen molar-refractivity contribution in [1.82, 2.24) is 4.90 Å². The van der Waals surface area contributed by atoms with Gasteiger partial charge in [-0.2, -0.15) is 0 Å². The smallest absolute Gasteiger partial charge is 0.282 e. The molecule has 0 radical (unpaired) electrons. The summed E-state index contributed by atoms with van der Waals surface area (Å²) in [7, 11) is 1.77. The van der Waals surface area contributed by atoms with Gasteiger partial charge in [-0.25, -0.2) is 0 Å². The largest absolute Gasteiger partial charge is 0.385 e. The molecule has 2 rings (SSSR count). The van der Waals surface area contributed by atoms with Crippen molar-refractivity contribution in [3.63, 3.8) is 0 Å². The van der Waals surface area contributed by atoms with E-state index in [0.717, 1.165) is 50.8 Å².